The van der Waals surface area contributed by atoms with Crippen molar-refractivity contribution in [2.24, 2.45) is 0 Å². The maximum absolute atomic E-state index is 12.6. The molecule has 4 rings (SSSR count). The van der Waals surface area contributed by atoms with E-state index in [9.17, 15) is 9.59 Å². The summed E-state index contributed by atoms with van der Waals surface area (Å²) in [6.45, 7) is 1.24. The maximum atomic E-state index is 12.6. The molecule has 1 aliphatic heterocycles. The second-order valence-corrected chi connectivity index (χ2v) is 7.08. The number of likely N-dealkylation sites (tertiary alicyclic amines) is 1. The van der Waals surface area contributed by atoms with E-state index < -0.39 is 0 Å². The van der Waals surface area contributed by atoms with E-state index in [4.69, 9.17) is 11.6 Å². The Morgan fingerprint density at radius 3 is 2.52 bits per heavy atom. The molecule has 0 spiro atoms. The van der Waals surface area contributed by atoms with Gasteiger partial charge in [0.2, 0.25) is 0 Å². The highest BCUT2D eigenvalue weighted by atomic mass is 35.5. The molecule has 7 heteroatoms. The molecule has 1 aliphatic rings. The van der Waals surface area contributed by atoms with Gasteiger partial charge in [0.05, 0.1) is 5.69 Å². The number of H-pyrrole nitrogens is 1. The fourth-order valence-electron chi connectivity index (χ4n) is 3.43. The molecule has 2 heterocycles. The van der Waals surface area contributed by atoms with E-state index in [0.717, 1.165) is 18.5 Å². The summed E-state index contributed by atoms with van der Waals surface area (Å²) in [4.78, 5) is 29.6. The van der Waals surface area contributed by atoms with Crippen molar-refractivity contribution in [1.29, 1.82) is 0 Å². The largest absolute Gasteiger partial charge is 0.348 e. The molecule has 1 amide bonds. The number of halogens is 1. The van der Waals surface area contributed by atoms with Crippen molar-refractivity contribution in [3.05, 3.63) is 81.5 Å². The van der Waals surface area contributed by atoms with Crippen molar-refractivity contribution in [3.63, 3.8) is 0 Å². The predicted octanol–water partition coefficient (Wildman–Crippen LogP) is 3.23. The highest BCUT2D eigenvalue weighted by Gasteiger charge is 2.27. The normalized spacial score (nSPS) is 15.1. The number of carbonyl (C=O) groups is 1. The molecule has 0 atom stereocenters. The van der Waals surface area contributed by atoms with Crippen LogP contribution in [0, 0.1) is 0 Å². The van der Waals surface area contributed by atoms with Gasteiger partial charge in [-0.2, -0.15) is 4.68 Å². The van der Waals surface area contributed by atoms with Crippen LogP contribution in [0.1, 0.15) is 34.9 Å². The fraction of sp³-hybridized carbons (Fsp3) is 0.250. The van der Waals surface area contributed by atoms with Gasteiger partial charge in [0.25, 0.3) is 5.91 Å². The highest BCUT2D eigenvalue weighted by molar-refractivity contribution is 6.30. The molecule has 0 bridgehead atoms. The number of para-hydroxylation sites is 1. The maximum Gasteiger partial charge on any atom is 0.348 e. The Hall–Kier alpha value is -2.86. The minimum Gasteiger partial charge on any atom is -0.339 e. The number of nitrogens with zero attached hydrogens (tertiary/aromatic N) is 3. The zero-order valence-corrected chi connectivity index (χ0v) is 15.4. The lowest BCUT2D eigenvalue weighted by atomic mass is 9.95. The Morgan fingerprint density at radius 1 is 1.07 bits per heavy atom. The molecule has 1 fully saturated rings. The summed E-state index contributed by atoms with van der Waals surface area (Å²) >= 11 is 5.98. The molecule has 0 aliphatic carbocycles. The topological polar surface area (TPSA) is 71.0 Å². The molecule has 0 radical (unpaired) electrons. The molecule has 1 saturated heterocycles. The van der Waals surface area contributed by atoms with Gasteiger partial charge in [0.15, 0.2) is 0 Å². The van der Waals surface area contributed by atoms with Crippen molar-refractivity contribution >= 4 is 17.5 Å². The quantitative estimate of drug-likeness (QED) is 0.756. The molecule has 138 valence electrons. The van der Waals surface area contributed by atoms with Gasteiger partial charge in [-0.25, -0.2) is 4.79 Å². The molecular formula is C20H19ClN4O2. The van der Waals surface area contributed by atoms with E-state index in [0.29, 0.717) is 29.5 Å². The van der Waals surface area contributed by atoms with Gasteiger partial charge in [-0.15, -0.1) is 5.10 Å². The summed E-state index contributed by atoms with van der Waals surface area (Å²) in [6, 6.07) is 16.3. The van der Waals surface area contributed by atoms with Crippen LogP contribution in [-0.4, -0.2) is 38.7 Å². The van der Waals surface area contributed by atoms with Gasteiger partial charge in [-0.05, 0) is 43.2 Å². The molecule has 0 unspecified atom stereocenters. The van der Waals surface area contributed by atoms with Gasteiger partial charge in [0, 0.05) is 29.6 Å². The minimum absolute atomic E-state index is 0.0146. The van der Waals surface area contributed by atoms with Gasteiger partial charge in [-0.1, -0.05) is 35.9 Å². The van der Waals surface area contributed by atoms with Crippen LogP contribution in [0.3, 0.4) is 0 Å². The second kappa shape index (κ2) is 7.40. The standard InChI is InChI=1S/C20H19ClN4O2/c21-16-6-4-5-15(13-16)19(26)24-11-9-14(10-12-24)18-22-20(27)25(23-18)17-7-2-1-3-8-17/h1-8,13-14H,9-12H2,(H,22,23,27). The summed E-state index contributed by atoms with van der Waals surface area (Å²) in [5.74, 6) is 0.795. The first-order valence-corrected chi connectivity index (χ1v) is 9.29. The van der Waals surface area contributed by atoms with Crippen LogP contribution < -0.4 is 5.69 Å². The second-order valence-electron chi connectivity index (χ2n) is 6.64. The Kier molecular flexibility index (Phi) is 4.81. The van der Waals surface area contributed by atoms with E-state index in [1.807, 2.05) is 35.2 Å². The van der Waals surface area contributed by atoms with Crippen molar-refractivity contribution < 1.29 is 4.79 Å². The number of benzene rings is 2. The van der Waals surface area contributed by atoms with Crippen LogP contribution in [0.2, 0.25) is 5.02 Å². The number of hydrogen-bond acceptors (Lipinski definition) is 3. The predicted molar refractivity (Wildman–Crippen MR) is 104 cm³/mol. The number of nitrogens with one attached hydrogen (secondary N) is 1. The van der Waals surface area contributed by atoms with Crippen LogP contribution in [0.5, 0.6) is 0 Å². The molecule has 1 aromatic heterocycles. The van der Waals surface area contributed by atoms with E-state index in [1.165, 1.54) is 4.68 Å². The lowest BCUT2D eigenvalue weighted by Crippen LogP contribution is -2.38. The van der Waals surface area contributed by atoms with Gasteiger partial charge >= 0.3 is 5.69 Å². The first kappa shape index (κ1) is 17.5. The zero-order chi connectivity index (χ0) is 18.8. The number of aromatic nitrogens is 3. The average Bonchev–Trinajstić information content (AvgIpc) is 3.10. The first-order chi connectivity index (χ1) is 13.1. The Morgan fingerprint density at radius 2 is 1.81 bits per heavy atom. The van der Waals surface area contributed by atoms with Crippen molar-refractivity contribution in [1.82, 2.24) is 19.7 Å². The molecule has 6 nitrogen and oxygen atoms in total. The highest BCUT2D eigenvalue weighted by Crippen LogP contribution is 2.26. The van der Waals surface area contributed by atoms with Crippen molar-refractivity contribution in [3.8, 4) is 5.69 Å². The molecule has 27 heavy (non-hydrogen) atoms. The third-order valence-corrected chi connectivity index (χ3v) is 5.11. The number of carbonyl (C=O) groups excluding carboxylic acids is 1. The first-order valence-electron chi connectivity index (χ1n) is 8.91. The van der Waals surface area contributed by atoms with E-state index >= 15 is 0 Å². The molecule has 0 saturated carbocycles. The summed E-state index contributed by atoms with van der Waals surface area (Å²) < 4.78 is 1.39. The fourth-order valence-corrected chi connectivity index (χ4v) is 3.62. The third kappa shape index (κ3) is 3.66. The van der Waals surface area contributed by atoms with E-state index in [-0.39, 0.29) is 17.5 Å². The lowest BCUT2D eigenvalue weighted by Gasteiger charge is -2.31. The number of rotatable bonds is 3. The summed E-state index contributed by atoms with van der Waals surface area (Å²) in [7, 11) is 0. The van der Waals surface area contributed by atoms with Crippen LogP contribution in [-0.2, 0) is 0 Å². The smallest absolute Gasteiger partial charge is 0.339 e. The lowest BCUT2D eigenvalue weighted by molar-refractivity contribution is 0.0711. The van der Waals surface area contributed by atoms with Crippen LogP contribution in [0.15, 0.2) is 59.4 Å². The number of piperidine rings is 1. The molecular weight excluding hydrogens is 364 g/mol. The average molecular weight is 383 g/mol. The Balaban J connectivity index is 1.45. The molecule has 1 N–H and O–H groups in total. The molecule has 3 aromatic rings. The van der Waals surface area contributed by atoms with Gasteiger partial charge in [-0.3, -0.25) is 9.78 Å². The summed E-state index contributed by atoms with van der Waals surface area (Å²) in [5.41, 5.74) is 1.09. The van der Waals surface area contributed by atoms with Crippen LogP contribution >= 0.6 is 11.6 Å². The monoisotopic (exact) mass is 382 g/mol. The minimum atomic E-state index is -0.242. The summed E-state index contributed by atoms with van der Waals surface area (Å²) in [5, 5.41) is 5.03. The van der Waals surface area contributed by atoms with E-state index in [1.54, 1.807) is 24.3 Å². The zero-order valence-electron chi connectivity index (χ0n) is 14.6. The summed E-state index contributed by atoms with van der Waals surface area (Å²) in [6.07, 6.45) is 1.52. The van der Waals surface area contributed by atoms with Crippen LogP contribution in [0.25, 0.3) is 5.69 Å². The Labute approximate surface area is 161 Å². The number of amides is 1. The van der Waals surface area contributed by atoms with Crippen molar-refractivity contribution in [2.45, 2.75) is 18.8 Å². The van der Waals surface area contributed by atoms with Crippen LogP contribution in [0.4, 0.5) is 0 Å². The van der Waals surface area contributed by atoms with E-state index in [2.05, 4.69) is 10.1 Å². The number of hydrogen-bond donors (Lipinski definition) is 1. The SMILES string of the molecule is O=C(c1cccc(Cl)c1)N1CCC(c2nn(-c3ccccc3)c(=O)[nH]2)CC1. The molecule has 2 aromatic carbocycles. The number of aromatic amines is 1. The van der Waals surface area contributed by atoms with Gasteiger partial charge < -0.3 is 4.90 Å². The third-order valence-electron chi connectivity index (χ3n) is 4.88. The van der Waals surface area contributed by atoms with Gasteiger partial charge in [0.1, 0.15) is 5.82 Å². The van der Waals surface area contributed by atoms with Crippen molar-refractivity contribution in [2.75, 3.05) is 13.1 Å². The Bertz CT molecular complexity index is 1000.